The molecule has 86 valence electrons. The summed E-state index contributed by atoms with van der Waals surface area (Å²) in [5, 5.41) is 4.92. The first-order chi connectivity index (χ1) is 7.70. The molecule has 0 spiro atoms. The van der Waals surface area contributed by atoms with Gasteiger partial charge in [-0.05, 0) is 18.2 Å². The van der Waals surface area contributed by atoms with Crippen LogP contribution in [0.5, 0.6) is 0 Å². The molecular weight excluding hydrogens is 192 g/mol. The van der Waals surface area contributed by atoms with Gasteiger partial charge in [-0.3, -0.25) is 9.59 Å². The van der Waals surface area contributed by atoms with Gasteiger partial charge in [-0.25, -0.2) is 0 Å². The average molecular weight is 214 g/mol. The molecule has 15 heavy (non-hydrogen) atoms. The number of nitrogens with one attached hydrogen (secondary N) is 2. The van der Waals surface area contributed by atoms with Crippen molar-refractivity contribution in [1.29, 1.82) is 0 Å². The van der Waals surface area contributed by atoms with Crippen molar-refractivity contribution in [2.45, 2.75) is 46.2 Å². The van der Waals surface area contributed by atoms with Gasteiger partial charge in [0.1, 0.15) is 12.1 Å². The Morgan fingerprint density at radius 2 is 1.87 bits per heavy atom. The van der Waals surface area contributed by atoms with Crippen molar-refractivity contribution in [3.63, 3.8) is 0 Å². The molecule has 0 aromatic heterocycles. The molecule has 1 fully saturated rings. The molecule has 0 aromatic carbocycles. The number of hydrogen-bond donors (Lipinski definition) is 2. The first kappa shape index (κ1) is 9.19. The van der Waals surface area contributed by atoms with Crippen LogP contribution in [0.15, 0.2) is 0 Å². The van der Waals surface area contributed by atoms with Gasteiger partial charge >= 0.3 is 0 Å². The summed E-state index contributed by atoms with van der Waals surface area (Å²) < 4.78 is 15.8. The average Bonchev–Trinajstić information content (AvgIpc) is 2.21. The van der Waals surface area contributed by atoms with Gasteiger partial charge in [-0.2, -0.15) is 0 Å². The highest BCUT2D eigenvalue weighted by Crippen LogP contribution is 2.12. The van der Waals surface area contributed by atoms with E-state index in [0.29, 0.717) is 0 Å². The Morgan fingerprint density at radius 1 is 1.27 bits per heavy atom. The van der Waals surface area contributed by atoms with Gasteiger partial charge in [0, 0.05) is 1.37 Å². The van der Waals surface area contributed by atoms with Crippen LogP contribution in [0.4, 0.5) is 0 Å². The first-order valence-electron chi connectivity index (χ1n) is 6.33. The zero-order chi connectivity index (χ0) is 13.4. The first-order valence-corrected chi connectivity index (χ1v) is 5.25. The zero-order valence-electron chi connectivity index (χ0n) is 11.6. The Bertz CT molecular complexity index is 333. The lowest BCUT2D eigenvalue weighted by molar-refractivity contribution is -0.138. The SMILES string of the molecule is [2H]C(C(C)C)[C@]1([2H])NC(=O)[C@H](C(C)C)NC1=O. The van der Waals surface area contributed by atoms with Gasteiger partial charge in [0.15, 0.2) is 0 Å². The summed E-state index contributed by atoms with van der Waals surface area (Å²) in [5.74, 6) is -1.20. The summed E-state index contributed by atoms with van der Waals surface area (Å²) in [6.07, 6.45) is -0.987. The van der Waals surface area contributed by atoms with Crippen molar-refractivity contribution in [2.75, 3.05) is 0 Å². The van der Waals surface area contributed by atoms with E-state index in [-0.39, 0.29) is 17.7 Å². The second kappa shape index (κ2) is 4.64. The van der Waals surface area contributed by atoms with E-state index < -0.39 is 24.4 Å². The lowest BCUT2D eigenvalue weighted by Gasteiger charge is -2.32. The molecule has 1 aliphatic heterocycles. The van der Waals surface area contributed by atoms with Crippen LogP contribution in [0.25, 0.3) is 0 Å². The Morgan fingerprint density at radius 3 is 2.33 bits per heavy atom. The monoisotopic (exact) mass is 214 g/mol. The number of hydrogen-bond acceptors (Lipinski definition) is 2. The highest BCUT2D eigenvalue weighted by molar-refractivity contribution is 5.97. The quantitative estimate of drug-likeness (QED) is 0.725. The van der Waals surface area contributed by atoms with E-state index in [1.165, 1.54) is 0 Å². The van der Waals surface area contributed by atoms with Crippen LogP contribution in [-0.2, 0) is 9.59 Å². The summed E-state index contributed by atoms with van der Waals surface area (Å²) in [5.41, 5.74) is 0. The van der Waals surface area contributed by atoms with Crippen LogP contribution in [0.1, 0.15) is 36.8 Å². The lowest BCUT2D eigenvalue weighted by Crippen LogP contribution is -2.63. The van der Waals surface area contributed by atoms with Gasteiger partial charge in [0.05, 0.1) is 1.37 Å². The molecule has 2 amide bonds. The summed E-state index contributed by atoms with van der Waals surface area (Å²) in [7, 11) is 0. The molecule has 0 aromatic rings. The molecule has 0 aliphatic carbocycles. The minimum absolute atomic E-state index is 0.0354. The second-order valence-corrected chi connectivity index (χ2v) is 4.51. The van der Waals surface area contributed by atoms with Crippen LogP contribution < -0.4 is 10.6 Å². The smallest absolute Gasteiger partial charge is 0.243 e. The van der Waals surface area contributed by atoms with E-state index in [4.69, 9.17) is 2.74 Å². The summed E-state index contributed by atoms with van der Waals surface area (Å²) in [6, 6.07) is -2.49. The number of carbonyl (C=O) groups is 2. The summed E-state index contributed by atoms with van der Waals surface area (Å²) in [4.78, 5) is 23.7. The normalized spacial score (nSPS) is 35.7. The van der Waals surface area contributed by atoms with E-state index in [0.717, 1.165) is 0 Å². The lowest BCUT2D eigenvalue weighted by atomic mass is 9.96. The standard InChI is InChI=1S/C11H20N2O2/c1-6(2)5-8-10(14)13-9(7(3)4)11(15)12-8/h6-9H,5H2,1-4H3,(H,12,15)(H,13,14)/t8-,9-/m0/s1/i5D,8D/t5?,8-,9-. The van der Waals surface area contributed by atoms with Crippen LogP contribution in [-0.4, -0.2) is 23.9 Å². The molecule has 4 nitrogen and oxygen atoms in total. The maximum absolute atomic E-state index is 11.9. The molecule has 1 heterocycles. The molecule has 0 bridgehead atoms. The molecule has 2 N–H and O–H groups in total. The second-order valence-electron chi connectivity index (χ2n) is 4.51. The van der Waals surface area contributed by atoms with Gasteiger partial charge in [-0.15, -0.1) is 0 Å². The van der Waals surface area contributed by atoms with Crippen LogP contribution in [0.2, 0.25) is 0 Å². The fraction of sp³-hybridized carbons (Fsp3) is 0.818. The molecule has 1 unspecified atom stereocenters. The predicted octanol–water partition coefficient (Wildman–Crippen LogP) is 0.672. The molecular formula is C11H20N2O2. The van der Waals surface area contributed by atoms with Gasteiger partial charge < -0.3 is 10.6 Å². The molecule has 4 heteroatoms. The third kappa shape index (κ3) is 2.94. The Kier molecular flexibility index (Phi) is 2.84. The van der Waals surface area contributed by atoms with Crippen molar-refractivity contribution in [1.82, 2.24) is 10.6 Å². The third-order valence-electron chi connectivity index (χ3n) is 2.24. The van der Waals surface area contributed by atoms with Crippen LogP contribution in [0, 0.1) is 11.8 Å². The minimum Gasteiger partial charge on any atom is -0.343 e. The Balaban J connectivity index is 2.93. The van der Waals surface area contributed by atoms with E-state index >= 15 is 0 Å². The summed E-state index contributed by atoms with van der Waals surface area (Å²) >= 11 is 0. The Labute approximate surface area is 93.6 Å². The maximum Gasteiger partial charge on any atom is 0.243 e. The largest absolute Gasteiger partial charge is 0.343 e. The van der Waals surface area contributed by atoms with E-state index in [9.17, 15) is 9.59 Å². The molecule has 1 aliphatic rings. The number of rotatable bonds is 3. The topological polar surface area (TPSA) is 58.2 Å². The molecule has 3 atom stereocenters. The fourth-order valence-corrected chi connectivity index (χ4v) is 1.47. The van der Waals surface area contributed by atoms with Crippen molar-refractivity contribution < 1.29 is 12.3 Å². The number of carbonyl (C=O) groups excluding carboxylic acids is 2. The third-order valence-corrected chi connectivity index (χ3v) is 2.24. The van der Waals surface area contributed by atoms with Crippen molar-refractivity contribution in [3.8, 4) is 0 Å². The Hall–Kier alpha value is -1.06. The summed E-state index contributed by atoms with van der Waals surface area (Å²) in [6.45, 7) is 7.15. The van der Waals surface area contributed by atoms with Gasteiger partial charge in [0.2, 0.25) is 11.8 Å². The van der Waals surface area contributed by atoms with Crippen LogP contribution in [0.3, 0.4) is 0 Å². The maximum atomic E-state index is 11.9. The number of amides is 2. The van der Waals surface area contributed by atoms with Crippen molar-refractivity contribution in [2.24, 2.45) is 11.8 Å². The zero-order valence-corrected chi connectivity index (χ0v) is 9.63. The number of piperazine rings is 1. The molecule has 1 rings (SSSR count). The van der Waals surface area contributed by atoms with Crippen molar-refractivity contribution in [3.05, 3.63) is 0 Å². The van der Waals surface area contributed by atoms with E-state index in [1.54, 1.807) is 13.8 Å². The van der Waals surface area contributed by atoms with E-state index in [2.05, 4.69) is 10.6 Å². The highest BCUT2D eigenvalue weighted by Gasteiger charge is 2.35. The van der Waals surface area contributed by atoms with Gasteiger partial charge in [0.25, 0.3) is 0 Å². The van der Waals surface area contributed by atoms with Crippen LogP contribution >= 0.6 is 0 Å². The van der Waals surface area contributed by atoms with Gasteiger partial charge in [-0.1, -0.05) is 27.7 Å². The minimum atomic E-state index is -1.88. The molecule has 0 radical (unpaired) electrons. The van der Waals surface area contributed by atoms with E-state index in [1.807, 2.05) is 13.8 Å². The molecule has 0 saturated carbocycles. The van der Waals surface area contributed by atoms with Crippen molar-refractivity contribution >= 4 is 11.8 Å². The predicted molar refractivity (Wildman–Crippen MR) is 58.2 cm³/mol. The highest BCUT2D eigenvalue weighted by atomic mass is 16.2. The molecule has 1 saturated heterocycles. The fourth-order valence-electron chi connectivity index (χ4n) is 1.47.